The smallest absolute Gasteiger partial charge is 0.313 e. The van der Waals surface area contributed by atoms with Crippen LogP contribution in [0.5, 0.6) is 0 Å². The third-order valence-electron chi connectivity index (χ3n) is 5.62. The number of nitrogens with zero attached hydrogens (tertiary/aromatic N) is 4. The van der Waals surface area contributed by atoms with E-state index in [-0.39, 0.29) is 6.03 Å². The number of hydrogen-bond acceptors (Lipinski definition) is 3. The normalized spacial score (nSPS) is 13.4. The number of urea groups is 1. The van der Waals surface area contributed by atoms with Crippen LogP contribution < -0.4 is 10.2 Å². The van der Waals surface area contributed by atoms with Crippen LogP contribution in [0.4, 0.5) is 16.2 Å². The highest BCUT2D eigenvalue weighted by molar-refractivity contribution is 6.02. The molecular formula is C23H27N5O. The van der Waals surface area contributed by atoms with Crippen LogP contribution in [0.15, 0.2) is 48.5 Å². The van der Waals surface area contributed by atoms with E-state index in [1.807, 2.05) is 42.5 Å². The summed E-state index contributed by atoms with van der Waals surface area (Å²) in [6.07, 6.45) is 4.43. The van der Waals surface area contributed by atoms with Gasteiger partial charge in [-0.2, -0.15) is 0 Å². The van der Waals surface area contributed by atoms with E-state index in [4.69, 9.17) is 0 Å². The fraction of sp³-hybridized carbons (Fsp3) is 0.348. The molecule has 1 aliphatic heterocycles. The Kier molecular flexibility index (Phi) is 5.60. The average molecular weight is 390 g/mol. The van der Waals surface area contributed by atoms with Gasteiger partial charge in [0.05, 0.1) is 6.54 Å². The lowest BCUT2D eigenvalue weighted by molar-refractivity contribution is 0.256. The summed E-state index contributed by atoms with van der Waals surface area (Å²) in [7, 11) is 0. The van der Waals surface area contributed by atoms with E-state index < -0.39 is 0 Å². The summed E-state index contributed by atoms with van der Waals surface area (Å²) in [5.74, 6) is 1.87. The minimum absolute atomic E-state index is 0.170. The van der Waals surface area contributed by atoms with Gasteiger partial charge in [0.15, 0.2) is 5.82 Å². The van der Waals surface area contributed by atoms with Gasteiger partial charge in [-0.1, -0.05) is 36.8 Å². The molecule has 0 aliphatic carbocycles. The molecule has 2 aromatic carbocycles. The van der Waals surface area contributed by atoms with E-state index in [1.165, 1.54) is 6.42 Å². The molecule has 0 radical (unpaired) electrons. The molecule has 0 spiro atoms. The highest BCUT2D eigenvalue weighted by atomic mass is 16.2. The van der Waals surface area contributed by atoms with Gasteiger partial charge in [0.25, 0.3) is 0 Å². The molecule has 2 amide bonds. The molecule has 29 heavy (non-hydrogen) atoms. The van der Waals surface area contributed by atoms with Crippen LogP contribution in [0.1, 0.15) is 42.0 Å². The first-order valence-corrected chi connectivity index (χ1v) is 10.2. The van der Waals surface area contributed by atoms with Gasteiger partial charge in [-0.05, 0) is 56.0 Å². The lowest BCUT2D eigenvalue weighted by Crippen LogP contribution is -2.36. The number of para-hydroxylation sites is 1. The summed E-state index contributed by atoms with van der Waals surface area (Å²) in [5, 5.41) is 11.9. The molecule has 6 nitrogen and oxygen atoms in total. The van der Waals surface area contributed by atoms with Crippen molar-refractivity contribution >= 4 is 17.4 Å². The number of aromatic nitrogens is 3. The quantitative estimate of drug-likeness (QED) is 0.693. The molecule has 0 atom stereocenters. The Morgan fingerprint density at radius 3 is 2.69 bits per heavy atom. The molecule has 150 valence electrons. The van der Waals surface area contributed by atoms with Crippen LogP contribution in [-0.4, -0.2) is 20.8 Å². The van der Waals surface area contributed by atoms with Crippen molar-refractivity contribution in [3.63, 3.8) is 0 Å². The lowest BCUT2D eigenvalue weighted by atomic mass is 10.1. The molecule has 1 N–H and O–H groups in total. The summed E-state index contributed by atoms with van der Waals surface area (Å²) in [5.41, 5.74) is 3.91. The average Bonchev–Trinajstić information content (AvgIpc) is 2.94. The third-order valence-corrected chi connectivity index (χ3v) is 5.62. The number of nitrogens with one attached hydrogen (secondary N) is 1. The Morgan fingerprint density at radius 2 is 1.86 bits per heavy atom. The van der Waals surface area contributed by atoms with E-state index in [1.54, 1.807) is 4.90 Å². The van der Waals surface area contributed by atoms with Gasteiger partial charge >= 0.3 is 6.03 Å². The Bertz CT molecular complexity index is 996. The molecule has 0 fully saturated rings. The summed E-state index contributed by atoms with van der Waals surface area (Å²) < 4.78 is 2.20. The predicted octanol–water partition coefficient (Wildman–Crippen LogP) is 4.86. The zero-order valence-corrected chi connectivity index (χ0v) is 17.1. The molecule has 3 aromatic rings. The van der Waals surface area contributed by atoms with Gasteiger partial charge < -0.3 is 9.88 Å². The first kappa shape index (κ1) is 19.2. The van der Waals surface area contributed by atoms with Crippen molar-refractivity contribution in [3.8, 4) is 0 Å². The Balaban J connectivity index is 1.68. The molecule has 6 heteroatoms. The van der Waals surface area contributed by atoms with Crippen molar-refractivity contribution in [2.45, 2.75) is 52.6 Å². The molecule has 0 unspecified atom stereocenters. The zero-order chi connectivity index (χ0) is 20.2. The molecule has 1 aromatic heterocycles. The monoisotopic (exact) mass is 389 g/mol. The van der Waals surface area contributed by atoms with Crippen molar-refractivity contribution in [2.24, 2.45) is 0 Å². The number of carbonyl (C=O) groups is 1. The Morgan fingerprint density at radius 1 is 1.03 bits per heavy atom. The van der Waals surface area contributed by atoms with Crippen molar-refractivity contribution in [1.29, 1.82) is 0 Å². The number of hydrogen-bond donors (Lipinski definition) is 1. The second-order valence-electron chi connectivity index (χ2n) is 7.60. The number of anilines is 2. The van der Waals surface area contributed by atoms with Gasteiger partial charge in [0.1, 0.15) is 5.82 Å². The van der Waals surface area contributed by atoms with Crippen molar-refractivity contribution in [3.05, 3.63) is 71.3 Å². The van der Waals surface area contributed by atoms with Crippen LogP contribution >= 0.6 is 0 Å². The molecule has 0 bridgehead atoms. The van der Waals surface area contributed by atoms with Gasteiger partial charge in [0.2, 0.25) is 0 Å². The number of amides is 2. The second kappa shape index (κ2) is 8.47. The second-order valence-corrected chi connectivity index (χ2v) is 7.60. The summed E-state index contributed by atoms with van der Waals surface area (Å²) in [6.45, 7) is 5.42. The van der Waals surface area contributed by atoms with Crippen LogP contribution in [0.3, 0.4) is 0 Å². The molecule has 0 saturated heterocycles. The maximum Gasteiger partial charge on any atom is 0.326 e. The Hall–Kier alpha value is -3.15. The highest BCUT2D eigenvalue weighted by Gasteiger charge is 2.23. The highest BCUT2D eigenvalue weighted by Crippen LogP contribution is 2.26. The van der Waals surface area contributed by atoms with Crippen molar-refractivity contribution in [1.82, 2.24) is 14.8 Å². The molecular weight excluding hydrogens is 362 g/mol. The number of fused-ring (bicyclic) bond motifs is 1. The fourth-order valence-electron chi connectivity index (χ4n) is 3.81. The van der Waals surface area contributed by atoms with Crippen LogP contribution in [0, 0.1) is 13.8 Å². The number of rotatable bonds is 4. The van der Waals surface area contributed by atoms with Crippen LogP contribution in [0.25, 0.3) is 0 Å². The van der Waals surface area contributed by atoms with E-state index in [0.29, 0.717) is 6.54 Å². The lowest BCUT2D eigenvalue weighted by Gasteiger charge is -2.25. The van der Waals surface area contributed by atoms with E-state index in [0.717, 1.165) is 60.0 Å². The first-order chi connectivity index (χ1) is 14.1. The van der Waals surface area contributed by atoms with Crippen LogP contribution in [-0.2, 0) is 19.5 Å². The topological polar surface area (TPSA) is 63.1 Å². The summed E-state index contributed by atoms with van der Waals surface area (Å²) >= 11 is 0. The van der Waals surface area contributed by atoms with Crippen molar-refractivity contribution in [2.75, 3.05) is 10.2 Å². The molecule has 2 heterocycles. The van der Waals surface area contributed by atoms with E-state index in [9.17, 15) is 4.79 Å². The number of benzene rings is 2. The molecule has 0 saturated carbocycles. The SMILES string of the molecule is Cc1cccc(N(Cc2nnc3n2CCCCC3)C(=O)Nc2ccccc2)c1C. The van der Waals surface area contributed by atoms with Crippen LogP contribution in [0.2, 0.25) is 0 Å². The van der Waals surface area contributed by atoms with Gasteiger partial charge in [-0.25, -0.2) is 4.79 Å². The van der Waals surface area contributed by atoms with Gasteiger partial charge in [-0.15, -0.1) is 10.2 Å². The molecule has 4 rings (SSSR count). The number of aryl methyl sites for hydroxylation is 2. The van der Waals surface area contributed by atoms with Crippen molar-refractivity contribution < 1.29 is 4.79 Å². The number of carbonyl (C=O) groups excluding carboxylic acids is 1. The summed E-state index contributed by atoms with van der Waals surface area (Å²) in [6, 6.07) is 15.4. The zero-order valence-electron chi connectivity index (χ0n) is 17.1. The van der Waals surface area contributed by atoms with Gasteiger partial charge in [0, 0.05) is 24.3 Å². The summed E-state index contributed by atoms with van der Waals surface area (Å²) in [4.78, 5) is 15.1. The standard InChI is InChI=1S/C23H27N5O/c1-17-10-9-13-20(18(17)2)28(23(29)24-19-11-5-3-6-12-19)16-22-26-25-21-14-7-4-8-15-27(21)22/h3,5-6,9-13H,4,7-8,14-16H2,1-2H3,(H,24,29). The van der Waals surface area contributed by atoms with E-state index in [2.05, 4.69) is 40.0 Å². The molecule has 1 aliphatic rings. The minimum atomic E-state index is -0.170. The third kappa shape index (κ3) is 4.16. The maximum absolute atomic E-state index is 13.3. The van der Waals surface area contributed by atoms with E-state index >= 15 is 0 Å². The first-order valence-electron chi connectivity index (χ1n) is 10.2. The Labute approximate surface area is 171 Å². The minimum Gasteiger partial charge on any atom is -0.313 e. The van der Waals surface area contributed by atoms with Gasteiger partial charge in [-0.3, -0.25) is 4.90 Å². The maximum atomic E-state index is 13.3. The fourth-order valence-corrected chi connectivity index (χ4v) is 3.81. The predicted molar refractivity (Wildman–Crippen MR) is 115 cm³/mol. The largest absolute Gasteiger partial charge is 0.326 e.